The predicted octanol–water partition coefficient (Wildman–Crippen LogP) is -0.0153. The van der Waals surface area contributed by atoms with Gasteiger partial charge in [-0.3, -0.25) is 10.1 Å². The molecule has 0 aliphatic carbocycles. The largest absolute Gasteiger partial charge is 0.314 e. The minimum atomic E-state index is -3.79. The third kappa shape index (κ3) is 2.93. The van der Waals surface area contributed by atoms with Gasteiger partial charge in [0.2, 0.25) is 10.0 Å². The van der Waals surface area contributed by atoms with Crippen LogP contribution >= 0.6 is 0 Å². The van der Waals surface area contributed by atoms with Crippen LogP contribution in [0, 0.1) is 27.4 Å². The molecule has 1 aromatic carbocycles. The number of hydrogen-bond acceptors (Lipinski definition) is 6. The second-order valence-electron chi connectivity index (χ2n) is 4.37. The molecule has 1 aliphatic rings. The molecule has 2 N–H and O–H groups in total. The third-order valence-electron chi connectivity index (χ3n) is 3.04. The smallest absolute Gasteiger partial charge is 0.269 e. The zero-order chi connectivity index (χ0) is 14.8. The Morgan fingerprint density at radius 3 is 2.55 bits per heavy atom. The minimum Gasteiger partial charge on any atom is -0.314 e. The highest BCUT2D eigenvalue weighted by atomic mass is 32.2. The van der Waals surface area contributed by atoms with Gasteiger partial charge >= 0.3 is 0 Å². The van der Waals surface area contributed by atoms with E-state index in [1.807, 2.05) is 6.07 Å². The molecule has 0 spiro atoms. The summed E-state index contributed by atoms with van der Waals surface area (Å²) in [6, 6.07) is 6.13. The van der Waals surface area contributed by atoms with Crippen molar-refractivity contribution in [3.8, 4) is 6.07 Å². The summed E-state index contributed by atoms with van der Waals surface area (Å²) in [5.41, 5.74) is -0.179. The molecule has 9 heteroatoms. The summed E-state index contributed by atoms with van der Waals surface area (Å²) in [6.45, 7) is 0.814. The molecule has 0 bridgehead atoms. The van der Waals surface area contributed by atoms with E-state index in [1.54, 1.807) is 0 Å². The Morgan fingerprint density at radius 2 is 2.00 bits per heavy atom. The Morgan fingerprint density at radius 1 is 1.35 bits per heavy atom. The van der Waals surface area contributed by atoms with Crippen molar-refractivity contribution in [2.24, 2.45) is 5.92 Å². The Labute approximate surface area is 115 Å². The summed E-state index contributed by atoms with van der Waals surface area (Å²) in [5.74, 6) is -0.428. The lowest BCUT2D eigenvalue weighted by molar-refractivity contribution is -0.384. The predicted molar refractivity (Wildman–Crippen MR) is 69.2 cm³/mol. The first-order valence-corrected chi connectivity index (χ1v) is 7.29. The molecule has 1 heterocycles. The quantitative estimate of drug-likeness (QED) is 0.594. The van der Waals surface area contributed by atoms with E-state index in [-0.39, 0.29) is 10.6 Å². The van der Waals surface area contributed by atoms with Gasteiger partial charge in [-0.2, -0.15) is 5.26 Å². The van der Waals surface area contributed by atoms with Gasteiger partial charge in [-0.15, -0.1) is 0 Å². The summed E-state index contributed by atoms with van der Waals surface area (Å²) in [7, 11) is -3.79. The number of nitrogens with zero attached hydrogens (tertiary/aromatic N) is 2. The maximum atomic E-state index is 12.1. The van der Waals surface area contributed by atoms with Gasteiger partial charge in [-0.05, 0) is 12.1 Å². The summed E-state index contributed by atoms with van der Waals surface area (Å²) >= 11 is 0. The van der Waals surface area contributed by atoms with Crippen molar-refractivity contribution in [1.82, 2.24) is 10.0 Å². The van der Waals surface area contributed by atoms with Crippen molar-refractivity contribution in [3.05, 3.63) is 34.4 Å². The number of nitriles is 1. The Hall–Kier alpha value is -2.02. The summed E-state index contributed by atoms with van der Waals surface area (Å²) in [5, 5.41) is 22.4. The fourth-order valence-electron chi connectivity index (χ4n) is 1.95. The van der Waals surface area contributed by atoms with Crippen LogP contribution in [0.15, 0.2) is 29.2 Å². The summed E-state index contributed by atoms with van der Waals surface area (Å²) in [6.07, 6.45) is 0. The zero-order valence-electron chi connectivity index (χ0n) is 10.3. The molecule has 1 fully saturated rings. The topological polar surface area (TPSA) is 125 Å². The molecule has 0 unspecified atom stereocenters. The van der Waals surface area contributed by atoms with Crippen LogP contribution in [0.3, 0.4) is 0 Å². The van der Waals surface area contributed by atoms with E-state index in [4.69, 9.17) is 5.26 Å². The number of benzene rings is 1. The van der Waals surface area contributed by atoms with Gasteiger partial charge in [0.25, 0.3) is 5.69 Å². The van der Waals surface area contributed by atoms with Crippen LogP contribution in [0.25, 0.3) is 0 Å². The maximum absolute atomic E-state index is 12.1. The molecule has 20 heavy (non-hydrogen) atoms. The number of nitrogens with one attached hydrogen (secondary N) is 2. The molecular weight excluding hydrogens is 284 g/mol. The lowest BCUT2D eigenvalue weighted by atomic mass is 10.1. The van der Waals surface area contributed by atoms with Crippen LogP contribution in [0.5, 0.6) is 0 Å². The van der Waals surface area contributed by atoms with E-state index < -0.39 is 26.9 Å². The molecule has 0 radical (unpaired) electrons. The van der Waals surface area contributed by atoms with Gasteiger partial charge < -0.3 is 5.32 Å². The molecule has 1 aromatic rings. The lowest BCUT2D eigenvalue weighted by Crippen LogP contribution is -2.39. The fraction of sp³-hybridized carbons (Fsp3) is 0.364. The van der Waals surface area contributed by atoms with Gasteiger partial charge in [0, 0.05) is 25.2 Å². The van der Waals surface area contributed by atoms with Crippen molar-refractivity contribution in [2.45, 2.75) is 10.9 Å². The highest BCUT2D eigenvalue weighted by molar-refractivity contribution is 7.89. The van der Waals surface area contributed by atoms with E-state index >= 15 is 0 Å². The molecule has 106 valence electrons. The van der Waals surface area contributed by atoms with Crippen LogP contribution in [0.4, 0.5) is 5.69 Å². The van der Waals surface area contributed by atoms with Crippen molar-refractivity contribution in [3.63, 3.8) is 0 Å². The van der Waals surface area contributed by atoms with Crippen molar-refractivity contribution in [1.29, 1.82) is 5.26 Å². The van der Waals surface area contributed by atoms with E-state index in [0.717, 1.165) is 12.1 Å². The van der Waals surface area contributed by atoms with Gasteiger partial charge in [-0.25, -0.2) is 13.1 Å². The number of hydrogen-bond donors (Lipinski definition) is 2. The Kier molecular flexibility index (Phi) is 3.99. The Bertz CT molecular complexity index is 650. The van der Waals surface area contributed by atoms with Gasteiger partial charge in [0.15, 0.2) is 0 Å². The van der Waals surface area contributed by atoms with Gasteiger partial charge in [0.05, 0.1) is 27.8 Å². The zero-order valence-corrected chi connectivity index (χ0v) is 11.1. The number of rotatable bonds is 4. The first-order valence-electron chi connectivity index (χ1n) is 5.81. The Balaban J connectivity index is 2.18. The first-order chi connectivity index (χ1) is 9.44. The number of nitro groups is 1. The molecule has 8 nitrogen and oxygen atoms in total. The normalized spacial score (nSPS) is 22.4. The maximum Gasteiger partial charge on any atom is 0.269 e. The molecule has 0 aromatic heterocycles. The highest BCUT2D eigenvalue weighted by Gasteiger charge is 2.31. The van der Waals surface area contributed by atoms with Crippen LogP contribution in [-0.2, 0) is 10.0 Å². The van der Waals surface area contributed by atoms with Crippen LogP contribution in [0.2, 0.25) is 0 Å². The van der Waals surface area contributed by atoms with E-state index in [0.29, 0.717) is 13.1 Å². The lowest BCUT2D eigenvalue weighted by Gasteiger charge is -2.14. The van der Waals surface area contributed by atoms with Gasteiger partial charge in [-0.1, -0.05) is 0 Å². The van der Waals surface area contributed by atoms with Crippen molar-refractivity contribution < 1.29 is 13.3 Å². The van der Waals surface area contributed by atoms with Crippen molar-refractivity contribution >= 4 is 15.7 Å². The average Bonchev–Trinajstić information content (AvgIpc) is 2.85. The first kappa shape index (κ1) is 14.4. The van der Waals surface area contributed by atoms with Crippen LogP contribution < -0.4 is 10.0 Å². The van der Waals surface area contributed by atoms with Gasteiger partial charge in [0.1, 0.15) is 0 Å². The van der Waals surface area contributed by atoms with E-state index in [1.165, 1.54) is 12.1 Å². The number of nitro benzene ring substituents is 1. The average molecular weight is 296 g/mol. The van der Waals surface area contributed by atoms with Crippen molar-refractivity contribution in [2.75, 3.05) is 13.1 Å². The molecule has 0 saturated carbocycles. The number of non-ortho nitro benzene ring substituents is 1. The highest BCUT2D eigenvalue weighted by Crippen LogP contribution is 2.17. The molecule has 2 atom stereocenters. The SMILES string of the molecule is N#C[C@@H]1CNC[C@H]1NS(=O)(=O)c1ccc([N+](=O)[O-])cc1. The fourth-order valence-corrected chi connectivity index (χ4v) is 3.23. The molecule has 0 amide bonds. The molecule has 1 aliphatic heterocycles. The third-order valence-corrected chi connectivity index (χ3v) is 4.55. The standard InChI is InChI=1S/C11H12N4O4S/c12-5-8-6-13-7-11(8)14-20(18,19)10-3-1-9(2-4-10)15(16)17/h1-4,8,11,13-14H,6-7H2/t8-,11-/m1/s1. The molecule has 2 rings (SSSR count). The summed E-state index contributed by atoms with van der Waals surface area (Å²) in [4.78, 5) is 9.85. The minimum absolute atomic E-state index is 0.0633. The second-order valence-corrected chi connectivity index (χ2v) is 6.09. The number of sulfonamides is 1. The molecule has 1 saturated heterocycles. The molecular formula is C11H12N4O4S. The second kappa shape index (κ2) is 5.54. The van der Waals surface area contributed by atoms with Crippen LogP contribution in [0.1, 0.15) is 0 Å². The van der Waals surface area contributed by atoms with Crippen LogP contribution in [-0.4, -0.2) is 32.5 Å². The summed E-state index contributed by atoms with van der Waals surface area (Å²) < 4.78 is 26.7. The monoisotopic (exact) mass is 296 g/mol. The van der Waals surface area contributed by atoms with E-state index in [2.05, 4.69) is 10.0 Å². The van der Waals surface area contributed by atoms with E-state index in [9.17, 15) is 18.5 Å².